The molecule has 0 heterocycles. The van der Waals surface area contributed by atoms with Crippen molar-refractivity contribution in [2.45, 2.75) is 13.8 Å². The fourth-order valence-electron chi connectivity index (χ4n) is 4.94. The largest absolute Gasteiger partial charge is 0.0616 e. The van der Waals surface area contributed by atoms with Crippen molar-refractivity contribution in [3.8, 4) is 0 Å². The highest BCUT2D eigenvalue weighted by atomic mass is 14.1. The molecule has 6 rings (SSSR count). The summed E-state index contributed by atoms with van der Waals surface area (Å²) < 4.78 is 0. The van der Waals surface area contributed by atoms with Crippen LogP contribution in [0.25, 0.3) is 56.6 Å². The molecule has 0 bridgehead atoms. The van der Waals surface area contributed by atoms with E-state index in [1.165, 1.54) is 65.7 Å². The molecule has 0 spiro atoms. The Bertz CT molecular complexity index is 1610. The highest BCUT2D eigenvalue weighted by Gasteiger charge is 2.09. The van der Waals surface area contributed by atoms with E-state index in [1.807, 2.05) is 0 Å². The van der Waals surface area contributed by atoms with Crippen LogP contribution in [0.3, 0.4) is 0 Å². The van der Waals surface area contributed by atoms with Crippen LogP contribution in [0.4, 0.5) is 0 Å². The molecule has 0 amide bonds. The Morgan fingerprint density at radius 1 is 0.333 bits per heavy atom. The highest BCUT2D eigenvalue weighted by Crippen LogP contribution is 2.36. The third-order valence-corrected chi connectivity index (χ3v) is 6.98. The Morgan fingerprint density at radius 2 is 0.667 bits per heavy atom. The molecule has 0 N–H and O–H groups in total. The molecule has 0 saturated carbocycles. The van der Waals surface area contributed by atoms with Crippen LogP contribution in [0.5, 0.6) is 0 Å². The molecule has 6 aromatic rings. The topological polar surface area (TPSA) is 0 Å². The third kappa shape index (κ3) is 4.34. The summed E-state index contributed by atoms with van der Waals surface area (Å²) >= 11 is 0. The summed E-state index contributed by atoms with van der Waals surface area (Å²) in [6, 6.07) is 39.7. The minimum atomic E-state index is 1.21. The van der Waals surface area contributed by atoms with Gasteiger partial charge in [-0.25, -0.2) is 0 Å². The van der Waals surface area contributed by atoms with Gasteiger partial charge in [0.25, 0.3) is 0 Å². The average molecular weight is 461 g/mol. The molecule has 6 aromatic carbocycles. The van der Waals surface area contributed by atoms with E-state index in [0.29, 0.717) is 0 Å². The molecule has 0 fully saturated rings. The summed E-state index contributed by atoms with van der Waals surface area (Å²) in [6.45, 7) is 4.24. The summed E-state index contributed by atoms with van der Waals surface area (Å²) in [5, 5.41) is 7.78. The van der Waals surface area contributed by atoms with Crippen LogP contribution in [0.2, 0.25) is 0 Å². The maximum Gasteiger partial charge on any atom is -0.00930 e. The lowest BCUT2D eigenvalue weighted by Gasteiger charge is -2.12. The summed E-state index contributed by atoms with van der Waals surface area (Å²) in [7, 11) is 0. The second-order valence-corrected chi connectivity index (χ2v) is 9.64. The monoisotopic (exact) mass is 460 g/mol. The van der Waals surface area contributed by atoms with Gasteiger partial charge in [0.1, 0.15) is 0 Å². The van der Waals surface area contributed by atoms with E-state index in [1.54, 1.807) is 0 Å². The van der Waals surface area contributed by atoms with Gasteiger partial charge in [-0.15, -0.1) is 0 Å². The molecule has 0 aliphatic heterocycles. The van der Waals surface area contributed by atoms with Crippen LogP contribution in [-0.4, -0.2) is 0 Å². The van der Waals surface area contributed by atoms with E-state index in [0.717, 1.165) is 0 Å². The smallest absolute Gasteiger partial charge is 0.00930 e. The zero-order valence-electron chi connectivity index (χ0n) is 20.7. The van der Waals surface area contributed by atoms with Gasteiger partial charge in [0.2, 0.25) is 0 Å². The molecule has 172 valence electrons. The van der Waals surface area contributed by atoms with Gasteiger partial charge in [-0.05, 0) is 80.6 Å². The Labute approximate surface area is 212 Å². The maximum absolute atomic E-state index is 2.33. The average Bonchev–Trinajstić information content (AvgIpc) is 2.92. The lowest BCUT2D eigenvalue weighted by atomic mass is 9.92. The van der Waals surface area contributed by atoms with E-state index in [2.05, 4.69) is 147 Å². The first-order chi connectivity index (χ1) is 17.6. The van der Waals surface area contributed by atoms with Crippen molar-refractivity contribution in [1.29, 1.82) is 0 Å². The minimum absolute atomic E-state index is 1.21. The van der Waals surface area contributed by atoms with Crippen molar-refractivity contribution in [3.63, 3.8) is 0 Å². The Morgan fingerprint density at radius 3 is 1.08 bits per heavy atom. The zero-order valence-corrected chi connectivity index (χ0v) is 20.7. The fraction of sp³-hybridized carbons (Fsp3) is 0.0556. The van der Waals surface area contributed by atoms with E-state index in [-0.39, 0.29) is 0 Å². The number of rotatable bonds is 4. The van der Waals surface area contributed by atoms with E-state index >= 15 is 0 Å². The van der Waals surface area contributed by atoms with Crippen LogP contribution >= 0.6 is 0 Å². The standard InChI is InChI=1S/C36H28/c1-25-7-11-27(12-8-25)15-17-29-19-21-33-34-22-20-30(18-16-28-13-9-26(2)10-14-28)24-36(34)32-6-4-3-5-31(32)35(33)23-29/h3-24H,1-2H3/b17-15+,18-16+. The molecule has 0 heteroatoms. The van der Waals surface area contributed by atoms with E-state index in [4.69, 9.17) is 0 Å². The lowest BCUT2D eigenvalue weighted by molar-refractivity contribution is 1.46. The molecule has 0 aliphatic carbocycles. The third-order valence-electron chi connectivity index (χ3n) is 6.98. The molecule has 0 aliphatic rings. The number of aryl methyl sites for hydroxylation is 2. The number of benzene rings is 6. The van der Waals surface area contributed by atoms with Crippen LogP contribution in [-0.2, 0) is 0 Å². The van der Waals surface area contributed by atoms with Gasteiger partial charge in [0.05, 0.1) is 0 Å². The maximum atomic E-state index is 2.33. The lowest BCUT2D eigenvalue weighted by Crippen LogP contribution is -1.85. The van der Waals surface area contributed by atoms with Crippen molar-refractivity contribution >= 4 is 56.6 Å². The Kier molecular flexibility index (Phi) is 5.71. The predicted octanol–water partition coefficient (Wildman–Crippen LogP) is 10.1. The van der Waals surface area contributed by atoms with E-state index < -0.39 is 0 Å². The van der Waals surface area contributed by atoms with Gasteiger partial charge in [0.15, 0.2) is 0 Å². The van der Waals surface area contributed by atoms with Gasteiger partial charge in [-0.3, -0.25) is 0 Å². The summed E-state index contributed by atoms with van der Waals surface area (Å²) in [6.07, 6.45) is 8.80. The summed E-state index contributed by atoms with van der Waals surface area (Å²) in [5.41, 5.74) is 7.43. The number of fused-ring (bicyclic) bond motifs is 6. The number of hydrogen-bond donors (Lipinski definition) is 0. The zero-order chi connectivity index (χ0) is 24.5. The normalized spacial score (nSPS) is 11.9. The summed E-state index contributed by atoms with van der Waals surface area (Å²) in [4.78, 5) is 0. The molecule has 0 unspecified atom stereocenters. The molecule has 0 radical (unpaired) electrons. The van der Waals surface area contributed by atoms with Gasteiger partial charge >= 0.3 is 0 Å². The fourth-order valence-corrected chi connectivity index (χ4v) is 4.94. The predicted molar refractivity (Wildman–Crippen MR) is 159 cm³/mol. The van der Waals surface area contributed by atoms with E-state index in [9.17, 15) is 0 Å². The summed E-state index contributed by atoms with van der Waals surface area (Å²) in [5.74, 6) is 0. The highest BCUT2D eigenvalue weighted by molar-refractivity contribution is 6.25. The second kappa shape index (κ2) is 9.32. The minimum Gasteiger partial charge on any atom is -0.0616 e. The molecule has 36 heavy (non-hydrogen) atoms. The van der Waals surface area contributed by atoms with Crippen LogP contribution in [0, 0.1) is 13.8 Å². The molecule has 0 aromatic heterocycles. The molecule has 0 atom stereocenters. The van der Waals surface area contributed by atoms with Gasteiger partial charge in [-0.2, -0.15) is 0 Å². The first-order valence-electron chi connectivity index (χ1n) is 12.5. The first-order valence-corrected chi connectivity index (χ1v) is 12.5. The van der Waals surface area contributed by atoms with Crippen molar-refractivity contribution in [2.24, 2.45) is 0 Å². The van der Waals surface area contributed by atoms with Crippen LogP contribution in [0.15, 0.2) is 109 Å². The Balaban J connectivity index is 1.45. The van der Waals surface area contributed by atoms with Crippen LogP contribution < -0.4 is 0 Å². The molecular weight excluding hydrogens is 432 g/mol. The van der Waals surface area contributed by atoms with Gasteiger partial charge in [-0.1, -0.05) is 132 Å². The van der Waals surface area contributed by atoms with Crippen molar-refractivity contribution in [1.82, 2.24) is 0 Å². The van der Waals surface area contributed by atoms with Crippen molar-refractivity contribution in [2.75, 3.05) is 0 Å². The SMILES string of the molecule is Cc1ccc(/C=C/c2ccc3c4ccc(/C=C/c5ccc(C)cc5)cc4c4ccccc4c3c2)cc1. The second-order valence-electron chi connectivity index (χ2n) is 9.64. The molecule has 0 nitrogen and oxygen atoms in total. The van der Waals surface area contributed by atoms with Gasteiger partial charge in [0, 0.05) is 0 Å². The molecule has 0 saturated heterocycles. The van der Waals surface area contributed by atoms with Crippen LogP contribution in [0.1, 0.15) is 33.4 Å². The van der Waals surface area contributed by atoms with Crippen molar-refractivity contribution in [3.05, 3.63) is 143 Å². The quantitative estimate of drug-likeness (QED) is 0.181. The Hall–Kier alpha value is -4.42. The number of hydrogen-bond acceptors (Lipinski definition) is 0. The first kappa shape index (κ1) is 22.1. The van der Waals surface area contributed by atoms with Gasteiger partial charge < -0.3 is 0 Å². The molecular formula is C36H28. The van der Waals surface area contributed by atoms with Crippen molar-refractivity contribution < 1.29 is 0 Å².